The Morgan fingerprint density at radius 1 is 1.58 bits per heavy atom. The first-order valence-electron chi connectivity index (χ1n) is 5.97. The van der Waals surface area contributed by atoms with Crippen LogP contribution in [0.3, 0.4) is 0 Å². The summed E-state index contributed by atoms with van der Waals surface area (Å²) in [4.78, 5) is 15.8. The van der Waals surface area contributed by atoms with E-state index in [1.807, 2.05) is 27.7 Å². The number of amides is 1. The van der Waals surface area contributed by atoms with Gasteiger partial charge in [-0.05, 0) is 42.8 Å². The van der Waals surface area contributed by atoms with Crippen LogP contribution >= 0.6 is 27.5 Å². The Labute approximate surface area is 127 Å². The molecule has 0 fully saturated rings. The van der Waals surface area contributed by atoms with Crippen molar-refractivity contribution in [2.75, 3.05) is 6.54 Å². The molecule has 1 aromatic rings. The minimum atomic E-state index is -0.499. The first kappa shape index (κ1) is 16.2. The lowest BCUT2D eigenvalue weighted by Gasteiger charge is -2.21. The Kier molecular flexibility index (Phi) is 5.62. The number of rotatable bonds is 3. The van der Waals surface area contributed by atoms with Crippen LogP contribution in [-0.2, 0) is 4.74 Å². The van der Waals surface area contributed by atoms with E-state index in [2.05, 4.69) is 26.2 Å². The molecule has 106 valence electrons. The van der Waals surface area contributed by atoms with E-state index in [-0.39, 0.29) is 5.92 Å². The van der Waals surface area contributed by atoms with Gasteiger partial charge in [-0.25, -0.2) is 4.79 Å². The number of pyridine rings is 1. The van der Waals surface area contributed by atoms with Crippen LogP contribution in [-0.4, -0.2) is 23.2 Å². The van der Waals surface area contributed by atoms with E-state index in [0.29, 0.717) is 11.6 Å². The SMILES string of the molecule is CC(CNC(=O)OC(C)(C)C)c1ncc(Br)cc1Cl. The molecule has 6 heteroatoms. The lowest BCUT2D eigenvalue weighted by atomic mass is 10.1. The number of hydrogen-bond acceptors (Lipinski definition) is 3. The van der Waals surface area contributed by atoms with Crippen molar-refractivity contribution in [2.45, 2.75) is 39.2 Å². The van der Waals surface area contributed by atoms with Crippen LogP contribution in [0.25, 0.3) is 0 Å². The van der Waals surface area contributed by atoms with Crippen molar-refractivity contribution < 1.29 is 9.53 Å². The molecular formula is C13H18BrClN2O2. The highest BCUT2D eigenvalue weighted by Crippen LogP contribution is 2.24. The minimum absolute atomic E-state index is 0.00752. The summed E-state index contributed by atoms with van der Waals surface area (Å²) < 4.78 is 5.99. The van der Waals surface area contributed by atoms with Gasteiger partial charge in [-0.2, -0.15) is 0 Å². The summed E-state index contributed by atoms with van der Waals surface area (Å²) in [6.45, 7) is 7.83. The smallest absolute Gasteiger partial charge is 0.407 e. The van der Waals surface area contributed by atoms with Crippen molar-refractivity contribution in [2.24, 2.45) is 0 Å². The fraction of sp³-hybridized carbons (Fsp3) is 0.538. The molecule has 1 N–H and O–H groups in total. The molecule has 19 heavy (non-hydrogen) atoms. The molecular weight excluding hydrogens is 332 g/mol. The van der Waals surface area contributed by atoms with E-state index in [1.54, 1.807) is 12.3 Å². The number of carbonyl (C=O) groups excluding carboxylic acids is 1. The van der Waals surface area contributed by atoms with Gasteiger partial charge in [0.05, 0.1) is 10.7 Å². The number of alkyl carbamates (subject to hydrolysis) is 1. The number of halogens is 2. The summed E-state index contributed by atoms with van der Waals surface area (Å²) in [6, 6.07) is 1.79. The molecule has 4 nitrogen and oxygen atoms in total. The normalized spacial score (nSPS) is 12.9. The third-order valence-electron chi connectivity index (χ3n) is 2.25. The van der Waals surface area contributed by atoms with Gasteiger partial charge in [-0.1, -0.05) is 18.5 Å². The molecule has 0 aliphatic rings. The number of ether oxygens (including phenoxy) is 1. The van der Waals surface area contributed by atoms with Gasteiger partial charge in [0, 0.05) is 23.1 Å². The second-order valence-electron chi connectivity index (χ2n) is 5.30. The monoisotopic (exact) mass is 348 g/mol. The molecule has 0 aliphatic heterocycles. The Morgan fingerprint density at radius 3 is 2.74 bits per heavy atom. The van der Waals surface area contributed by atoms with Crippen LogP contribution in [0.5, 0.6) is 0 Å². The van der Waals surface area contributed by atoms with E-state index in [9.17, 15) is 4.79 Å². The fourth-order valence-corrected chi connectivity index (χ4v) is 2.25. The van der Waals surface area contributed by atoms with Crippen molar-refractivity contribution in [3.8, 4) is 0 Å². The molecule has 1 unspecified atom stereocenters. The molecule has 1 rings (SSSR count). The van der Waals surface area contributed by atoms with Crippen molar-refractivity contribution in [1.82, 2.24) is 10.3 Å². The zero-order valence-electron chi connectivity index (χ0n) is 11.5. The summed E-state index contributed by atoms with van der Waals surface area (Å²) in [7, 11) is 0. The molecule has 0 aliphatic carbocycles. The van der Waals surface area contributed by atoms with Gasteiger partial charge in [0.1, 0.15) is 5.60 Å². The standard InChI is InChI=1S/C13H18BrClN2O2/c1-8(6-17-12(18)19-13(2,3)4)11-10(15)5-9(14)7-16-11/h5,7-8H,6H2,1-4H3,(H,17,18). The largest absolute Gasteiger partial charge is 0.444 e. The zero-order chi connectivity index (χ0) is 14.6. The first-order valence-corrected chi connectivity index (χ1v) is 7.14. The Hall–Kier alpha value is -0.810. The van der Waals surface area contributed by atoms with E-state index >= 15 is 0 Å². The zero-order valence-corrected chi connectivity index (χ0v) is 13.8. The molecule has 0 spiro atoms. The van der Waals surface area contributed by atoms with Gasteiger partial charge in [-0.3, -0.25) is 4.98 Å². The average Bonchev–Trinajstić information content (AvgIpc) is 2.23. The Morgan fingerprint density at radius 2 is 2.21 bits per heavy atom. The summed E-state index contributed by atoms with van der Waals surface area (Å²) in [5.74, 6) is 0.00752. The van der Waals surface area contributed by atoms with Crippen molar-refractivity contribution in [3.05, 3.63) is 27.5 Å². The number of hydrogen-bond donors (Lipinski definition) is 1. The van der Waals surface area contributed by atoms with Crippen molar-refractivity contribution >= 4 is 33.6 Å². The van der Waals surface area contributed by atoms with Gasteiger partial charge in [0.25, 0.3) is 0 Å². The van der Waals surface area contributed by atoms with Gasteiger partial charge in [0.2, 0.25) is 0 Å². The van der Waals surface area contributed by atoms with Gasteiger partial charge < -0.3 is 10.1 Å². The van der Waals surface area contributed by atoms with Crippen LogP contribution in [0.4, 0.5) is 4.79 Å². The third kappa shape index (κ3) is 5.78. The first-order chi connectivity index (χ1) is 8.69. The second kappa shape index (κ2) is 6.57. The average molecular weight is 350 g/mol. The molecule has 0 saturated heterocycles. The Bertz CT molecular complexity index is 460. The van der Waals surface area contributed by atoms with Crippen LogP contribution in [0.2, 0.25) is 5.02 Å². The maximum atomic E-state index is 11.5. The molecule has 0 bridgehead atoms. The molecule has 0 saturated carbocycles. The highest BCUT2D eigenvalue weighted by atomic mass is 79.9. The van der Waals surface area contributed by atoms with Gasteiger partial charge >= 0.3 is 6.09 Å². The second-order valence-corrected chi connectivity index (χ2v) is 6.63. The highest BCUT2D eigenvalue weighted by molar-refractivity contribution is 9.10. The fourth-order valence-electron chi connectivity index (χ4n) is 1.44. The van der Waals surface area contributed by atoms with Crippen molar-refractivity contribution in [3.63, 3.8) is 0 Å². The lowest BCUT2D eigenvalue weighted by molar-refractivity contribution is 0.0525. The van der Waals surface area contributed by atoms with Gasteiger partial charge in [-0.15, -0.1) is 0 Å². The van der Waals surface area contributed by atoms with Crippen LogP contribution < -0.4 is 5.32 Å². The molecule has 1 atom stereocenters. The van der Waals surface area contributed by atoms with Crippen LogP contribution in [0.1, 0.15) is 39.3 Å². The van der Waals surface area contributed by atoms with Gasteiger partial charge in [0.15, 0.2) is 0 Å². The highest BCUT2D eigenvalue weighted by Gasteiger charge is 2.18. The van der Waals surface area contributed by atoms with E-state index in [1.165, 1.54) is 0 Å². The summed E-state index contributed by atoms with van der Waals surface area (Å²) in [5, 5.41) is 3.28. The maximum Gasteiger partial charge on any atom is 0.407 e. The van der Waals surface area contributed by atoms with E-state index in [4.69, 9.17) is 16.3 Å². The van der Waals surface area contributed by atoms with E-state index in [0.717, 1.165) is 10.2 Å². The van der Waals surface area contributed by atoms with Crippen LogP contribution in [0.15, 0.2) is 16.7 Å². The predicted molar refractivity (Wildman–Crippen MR) is 79.6 cm³/mol. The number of aromatic nitrogens is 1. The van der Waals surface area contributed by atoms with Crippen LogP contribution in [0, 0.1) is 0 Å². The third-order valence-corrected chi connectivity index (χ3v) is 2.99. The Balaban J connectivity index is 2.56. The minimum Gasteiger partial charge on any atom is -0.444 e. The molecule has 0 radical (unpaired) electrons. The number of nitrogens with one attached hydrogen (secondary N) is 1. The molecule has 1 heterocycles. The predicted octanol–water partition coefficient (Wildman–Crippen LogP) is 4.13. The topological polar surface area (TPSA) is 51.2 Å². The maximum absolute atomic E-state index is 11.5. The lowest BCUT2D eigenvalue weighted by Crippen LogP contribution is -2.34. The summed E-state index contributed by atoms with van der Waals surface area (Å²) in [6.07, 6.45) is 1.25. The molecule has 0 aromatic carbocycles. The summed E-state index contributed by atoms with van der Waals surface area (Å²) >= 11 is 9.41. The molecule has 1 amide bonds. The molecule has 1 aromatic heterocycles. The summed E-state index contributed by atoms with van der Waals surface area (Å²) in [5.41, 5.74) is 0.252. The quantitative estimate of drug-likeness (QED) is 0.893. The van der Waals surface area contributed by atoms with Crippen molar-refractivity contribution in [1.29, 1.82) is 0 Å². The number of carbonyl (C=O) groups is 1. The van der Waals surface area contributed by atoms with E-state index < -0.39 is 11.7 Å². The number of nitrogens with zero attached hydrogens (tertiary/aromatic N) is 1.